The molecule has 202 valence electrons. The Kier molecular flexibility index (Phi) is 7.81. The fourth-order valence-electron chi connectivity index (χ4n) is 6.95. The summed E-state index contributed by atoms with van der Waals surface area (Å²) in [5.74, 6) is -3.42. The van der Waals surface area contributed by atoms with Crippen molar-refractivity contribution in [3.8, 4) is 0 Å². The van der Waals surface area contributed by atoms with E-state index in [4.69, 9.17) is 9.84 Å². The summed E-state index contributed by atoms with van der Waals surface area (Å²) < 4.78 is 6.64. The number of carbonyl (C=O) groups is 3. The lowest BCUT2D eigenvalue weighted by molar-refractivity contribution is -0.155. The Bertz CT molecular complexity index is 1070. The van der Waals surface area contributed by atoms with Crippen molar-refractivity contribution in [3.63, 3.8) is 0 Å². The van der Waals surface area contributed by atoms with Gasteiger partial charge < -0.3 is 24.7 Å². The second-order valence-corrected chi connectivity index (χ2v) is 10.9. The summed E-state index contributed by atoms with van der Waals surface area (Å²) in [5, 5.41) is 19.3. The highest BCUT2D eigenvalue weighted by Crippen LogP contribution is 2.64. The third-order valence-electron chi connectivity index (χ3n) is 8.72. The van der Waals surface area contributed by atoms with Gasteiger partial charge in [0, 0.05) is 25.4 Å². The smallest absolute Gasteiger partial charge is 0.310 e. The summed E-state index contributed by atoms with van der Waals surface area (Å²) in [4.78, 5) is 44.3. The number of anilines is 1. The van der Waals surface area contributed by atoms with Gasteiger partial charge in [-0.3, -0.25) is 14.4 Å². The first kappa shape index (κ1) is 27.3. The lowest BCUT2D eigenvalue weighted by atomic mass is 9.65. The maximum Gasteiger partial charge on any atom is 0.310 e. The summed E-state index contributed by atoms with van der Waals surface area (Å²) in [5.41, 5.74) is 0.610. The van der Waals surface area contributed by atoms with Crippen molar-refractivity contribution in [1.82, 2.24) is 4.90 Å². The molecule has 2 unspecified atom stereocenters. The first-order chi connectivity index (χ1) is 17.7. The number of hydrogen-bond donors (Lipinski definition) is 2. The Morgan fingerprint density at radius 3 is 2.59 bits per heavy atom. The highest BCUT2D eigenvalue weighted by atomic mass is 16.5. The van der Waals surface area contributed by atoms with Crippen LogP contribution < -0.4 is 4.90 Å². The van der Waals surface area contributed by atoms with Crippen LogP contribution in [0.4, 0.5) is 5.69 Å². The predicted molar refractivity (Wildman–Crippen MR) is 140 cm³/mol. The number of amides is 2. The van der Waals surface area contributed by atoms with E-state index < -0.39 is 35.0 Å². The first-order valence-corrected chi connectivity index (χ1v) is 13.5. The molecule has 3 aliphatic heterocycles. The van der Waals surface area contributed by atoms with Crippen LogP contribution in [0.15, 0.2) is 30.9 Å². The highest BCUT2D eigenvalue weighted by Gasteiger charge is 2.79. The monoisotopic (exact) mass is 512 g/mol. The second-order valence-electron chi connectivity index (χ2n) is 10.9. The van der Waals surface area contributed by atoms with Crippen molar-refractivity contribution < 1.29 is 29.3 Å². The van der Waals surface area contributed by atoms with Gasteiger partial charge in [-0.1, -0.05) is 38.0 Å². The van der Waals surface area contributed by atoms with E-state index in [1.807, 2.05) is 39.0 Å². The Morgan fingerprint density at radius 1 is 1.22 bits per heavy atom. The van der Waals surface area contributed by atoms with E-state index >= 15 is 0 Å². The fourth-order valence-corrected chi connectivity index (χ4v) is 6.95. The number of aryl methyl sites for hydroxylation is 2. The van der Waals surface area contributed by atoms with Gasteiger partial charge in [0.05, 0.1) is 11.5 Å². The Morgan fingerprint density at radius 2 is 1.95 bits per heavy atom. The zero-order valence-electron chi connectivity index (χ0n) is 22.2. The number of carbonyl (C=O) groups excluding carboxylic acids is 2. The molecule has 3 heterocycles. The summed E-state index contributed by atoms with van der Waals surface area (Å²) in [6.07, 6.45) is 6.13. The molecule has 2 amide bonds. The number of carboxylic acids is 1. The van der Waals surface area contributed by atoms with E-state index in [9.17, 15) is 19.5 Å². The molecule has 0 radical (unpaired) electrons. The van der Waals surface area contributed by atoms with Crippen LogP contribution in [0, 0.1) is 25.7 Å². The van der Waals surface area contributed by atoms with Gasteiger partial charge in [0.15, 0.2) is 0 Å². The minimum atomic E-state index is -1.16. The van der Waals surface area contributed by atoms with Crippen LogP contribution in [0.1, 0.15) is 63.0 Å². The van der Waals surface area contributed by atoms with Crippen LogP contribution in [-0.4, -0.2) is 69.8 Å². The molecule has 1 aromatic rings. The quantitative estimate of drug-likeness (QED) is 0.327. The molecule has 3 aliphatic rings. The molecule has 5 atom stereocenters. The molecule has 0 aliphatic carbocycles. The molecule has 0 saturated carbocycles. The SMILES string of the molecule is C=CCN(C(=O)C1N(CCCCCCO)C(=O)[C@@H]2[C@H](C(=O)O)[C@]3(CC)CCC12O3)c1cc(C)ccc1C. The van der Waals surface area contributed by atoms with Crippen molar-refractivity contribution in [2.45, 2.75) is 83.0 Å². The van der Waals surface area contributed by atoms with Crippen LogP contribution in [0.2, 0.25) is 0 Å². The van der Waals surface area contributed by atoms with Gasteiger partial charge in [0.1, 0.15) is 17.6 Å². The minimum absolute atomic E-state index is 0.120. The number of carboxylic acid groups (broad SMARTS) is 1. The number of hydrogen-bond acceptors (Lipinski definition) is 5. The zero-order valence-corrected chi connectivity index (χ0v) is 22.2. The summed E-state index contributed by atoms with van der Waals surface area (Å²) >= 11 is 0. The topological polar surface area (TPSA) is 107 Å². The van der Waals surface area contributed by atoms with Gasteiger partial charge in [-0.05, 0) is 63.1 Å². The third-order valence-corrected chi connectivity index (χ3v) is 8.72. The van der Waals surface area contributed by atoms with E-state index in [1.54, 1.807) is 15.9 Å². The maximum atomic E-state index is 14.5. The van der Waals surface area contributed by atoms with Crippen molar-refractivity contribution in [1.29, 1.82) is 0 Å². The van der Waals surface area contributed by atoms with E-state index in [-0.39, 0.29) is 25.0 Å². The molecule has 37 heavy (non-hydrogen) atoms. The fraction of sp³-hybridized carbons (Fsp3) is 0.621. The van der Waals surface area contributed by atoms with Crippen molar-refractivity contribution >= 4 is 23.5 Å². The number of aliphatic hydroxyl groups is 1. The molecule has 8 nitrogen and oxygen atoms in total. The normalized spacial score (nSPS) is 30.0. The van der Waals surface area contributed by atoms with E-state index in [0.29, 0.717) is 38.6 Å². The summed E-state index contributed by atoms with van der Waals surface area (Å²) in [7, 11) is 0. The van der Waals surface area contributed by atoms with Gasteiger partial charge in [0.2, 0.25) is 5.91 Å². The number of fused-ring (bicyclic) bond motifs is 1. The molecule has 2 N–H and O–H groups in total. The van der Waals surface area contributed by atoms with Crippen LogP contribution in [-0.2, 0) is 19.1 Å². The predicted octanol–water partition coefficient (Wildman–Crippen LogP) is 3.61. The van der Waals surface area contributed by atoms with Gasteiger partial charge >= 0.3 is 5.97 Å². The largest absolute Gasteiger partial charge is 0.481 e. The minimum Gasteiger partial charge on any atom is -0.481 e. The summed E-state index contributed by atoms with van der Waals surface area (Å²) in [6.45, 7) is 10.4. The van der Waals surface area contributed by atoms with Crippen molar-refractivity contribution in [2.24, 2.45) is 11.8 Å². The van der Waals surface area contributed by atoms with Crippen LogP contribution >= 0.6 is 0 Å². The molecule has 1 spiro atoms. The number of aliphatic carboxylic acids is 1. The molecule has 2 bridgehead atoms. The third kappa shape index (κ3) is 4.38. The van der Waals surface area contributed by atoms with Gasteiger partial charge in [-0.15, -0.1) is 6.58 Å². The van der Waals surface area contributed by atoms with Gasteiger partial charge in [0.25, 0.3) is 5.91 Å². The number of rotatable bonds is 12. The number of unbranched alkanes of at least 4 members (excludes halogenated alkanes) is 3. The first-order valence-electron chi connectivity index (χ1n) is 13.5. The van der Waals surface area contributed by atoms with Crippen molar-refractivity contribution in [2.75, 3.05) is 24.6 Å². The average Bonchev–Trinajstić information content (AvgIpc) is 3.47. The molecule has 0 aromatic heterocycles. The average molecular weight is 513 g/mol. The molecular formula is C29H40N2O6. The van der Waals surface area contributed by atoms with E-state index in [1.165, 1.54) is 0 Å². The van der Waals surface area contributed by atoms with Crippen molar-refractivity contribution in [3.05, 3.63) is 42.0 Å². The maximum absolute atomic E-state index is 14.5. The zero-order chi connectivity index (χ0) is 27.0. The standard InChI is InChI=1S/C29H40N2O6/c1-5-15-30(21-18-19(3)11-12-20(21)4)26(34)24-29-14-13-28(6-2,37-29)23(27(35)36)22(29)25(33)31(24)16-9-7-8-10-17-32/h5,11-12,18,22-24,32H,1,6-10,13-17H2,2-4H3,(H,35,36)/t22-,23+,24?,28-,29?/m0/s1. The molecule has 8 heteroatoms. The number of aliphatic hydroxyl groups excluding tert-OH is 1. The summed E-state index contributed by atoms with van der Waals surface area (Å²) in [6, 6.07) is 5.02. The number of likely N-dealkylation sites (tertiary alicyclic amines) is 1. The van der Waals surface area contributed by atoms with Gasteiger partial charge in [-0.25, -0.2) is 0 Å². The molecule has 3 saturated heterocycles. The molecule has 3 fully saturated rings. The van der Waals surface area contributed by atoms with Crippen LogP contribution in [0.25, 0.3) is 0 Å². The lowest BCUT2D eigenvalue weighted by Gasteiger charge is -2.37. The lowest BCUT2D eigenvalue weighted by Crippen LogP contribution is -2.56. The molecule has 1 aromatic carbocycles. The Hall–Kier alpha value is -2.71. The number of nitrogens with zero attached hydrogens (tertiary/aromatic N) is 2. The van der Waals surface area contributed by atoms with Crippen LogP contribution in [0.3, 0.4) is 0 Å². The van der Waals surface area contributed by atoms with Crippen LogP contribution in [0.5, 0.6) is 0 Å². The Labute approximate surface area is 219 Å². The van der Waals surface area contributed by atoms with Gasteiger partial charge in [-0.2, -0.15) is 0 Å². The molecular weight excluding hydrogens is 472 g/mol. The number of ether oxygens (including phenoxy) is 1. The molecule has 4 rings (SSSR count). The van der Waals surface area contributed by atoms with E-state index in [2.05, 4.69) is 6.58 Å². The second kappa shape index (κ2) is 10.6. The van der Waals surface area contributed by atoms with E-state index in [0.717, 1.165) is 29.7 Å². The Balaban J connectivity index is 1.77. The highest BCUT2D eigenvalue weighted by molar-refractivity contribution is 6.05. The number of benzene rings is 1.